The molecular weight excluding hydrogens is 322 g/mol. The normalized spacial score (nSPS) is 15.6. The van der Waals surface area contributed by atoms with E-state index in [1.807, 2.05) is 43.3 Å². The standard InChI is InChI=1S/C22H21N3O/c1-15-6-5-8-18(12-15)24-22(26)20-14-19(10-11-23-20)25-16(2)13-17-7-3-4-9-21(17)25/h3-12,14,16H,13H2,1-2H3,(H,24,26). The lowest BCUT2D eigenvalue weighted by Gasteiger charge is -2.25. The number of pyridine rings is 1. The molecule has 0 saturated heterocycles. The highest BCUT2D eigenvalue weighted by atomic mass is 16.1. The molecule has 1 amide bonds. The molecule has 26 heavy (non-hydrogen) atoms. The van der Waals surface area contributed by atoms with Crippen LogP contribution in [0.2, 0.25) is 0 Å². The van der Waals surface area contributed by atoms with Crippen molar-refractivity contribution >= 4 is 23.0 Å². The maximum atomic E-state index is 12.6. The monoisotopic (exact) mass is 343 g/mol. The molecule has 0 saturated carbocycles. The second kappa shape index (κ2) is 6.64. The van der Waals surface area contributed by atoms with Crippen LogP contribution in [0.5, 0.6) is 0 Å². The number of nitrogens with zero attached hydrogens (tertiary/aromatic N) is 2. The molecule has 0 fully saturated rings. The van der Waals surface area contributed by atoms with E-state index in [9.17, 15) is 4.79 Å². The molecular formula is C22H21N3O. The molecule has 1 N–H and O–H groups in total. The Balaban J connectivity index is 1.62. The van der Waals surface area contributed by atoms with Crippen molar-refractivity contribution in [1.82, 2.24) is 4.98 Å². The number of carbonyl (C=O) groups is 1. The van der Waals surface area contributed by atoms with Gasteiger partial charge in [0.05, 0.1) is 0 Å². The zero-order chi connectivity index (χ0) is 18.1. The SMILES string of the molecule is Cc1cccc(NC(=O)c2cc(N3c4ccccc4CC3C)ccn2)c1. The van der Waals surface area contributed by atoms with Crippen LogP contribution in [0.15, 0.2) is 66.9 Å². The highest BCUT2D eigenvalue weighted by molar-refractivity contribution is 6.03. The van der Waals surface area contributed by atoms with Gasteiger partial charge in [0.1, 0.15) is 5.69 Å². The third kappa shape index (κ3) is 3.06. The van der Waals surface area contributed by atoms with Gasteiger partial charge >= 0.3 is 0 Å². The third-order valence-electron chi connectivity index (χ3n) is 4.74. The summed E-state index contributed by atoms with van der Waals surface area (Å²) in [5, 5.41) is 2.93. The number of fused-ring (bicyclic) bond motifs is 1. The van der Waals surface area contributed by atoms with E-state index in [1.165, 1.54) is 11.3 Å². The largest absolute Gasteiger partial charge is 0.338 e. The van der Waals surface area contributed by atoms with Gasteiger partial charge in [-0.1, -0.05) is 30.3 Å². The second-order valence-electron chi connectivity index (χ2n) is 6.77. The molecule has 1 atom stereocenters. The van der Waals surface area contributed by atoms with Crippen molar-refractivity contribution in [3.8, 4) is 0 Å². The second-order valence-corrected chi connectivity index (χ2v) is 6.77. The fourth-order valence-electron chi connectivity index (χ4n) is 3.57. The summed E-state index contributed by atoms with van der Waals surface area (Å²) in [4.78, 5) is 19.2. The molecule has 1 aliphatic heterocycles. The van der Waals surface area contributed by atoms with Crippen LogP contribution in [0.25, 0.3) is 0 Å². The van der Waals surface area contributed by atoms with Crippen molar-refractivity contribution < 1.29 is 4.79 Å². The molecule has 2 aromatic carbocycles. The Morgan fingerprint density at radius 2 is 1.96 bits per heavy atom. The predicted molar refractivity (Wildman–Crippen MR) is 105 cm³/mol. The summed E-state index contributed by atoms with van der Waals surface area (Å²) >= 11 is 0. The van der Waals surface area contributed by atoms with Gasteiger partial charge in [-0.05, 0) is 61.7 Å². The van der Waals surface area contributed by atoms with Crippen molar-refractivity contribution in [2.75, 3.05) is 10.2 Å². The number of hydrogen-bond acceptors (Lipinski definition) is 3. The molecule has 1 aliphatic rings. The number of aryl methyl sites for hydroxylation is 1. The van der Waals surface area contributed by atoms with Gasteiger partial charge in [-0.15, -0.1) is 0 Å². The quantitative estimate of drug-likeness (QED) is 0.748. The molecule has 130 valence electrons. The summed E-state index contributed by atoms with van der Waals surface area (Å²) in [6.45, 7) is 4.20. The number of para-hydroxylation sites is 1. The first kappa shape index (κ1) is 16.3. The van der Waals surface area contributed by atoms with Gasteiger partial charge in [0, 0.05) is 29.3 Å². The maximum absolute atomic E-state index is 12.6. The van der Waals surface area contributed by atoms with E-state index in [-0.39, 0.29) is 5.91 Å². The number of hydrogen-bond donors (Lipinski definition) is 1. The van der Waals surface area contributed by atoms with Gasteiger partial charge in [0.15, 0.2) is 0 Å². The molecule has 4 rings (SSSR count). The van der Waals surface area contributed by atoms with Crippen LogP contribution < -0.4 is 10.2 Å². The van der Waals surface area contributed by atoms with E-state index >= 15 is 0 Å². The Labute approximate surface area is 153 Å². The van der Waals surface area contributed by atoms with Gasteiger partial charge in [0.2, 0.25) is 0 Å². The molecule has 3 aromatic rings. The Bertz CT molecular complexity index is 967. The third-order valence-corrected chi connectivity index (χ3v) is 4.74. The van der Waals surface area contributed by atoms with Crippen molar-refractivity contribution in [2.45, 2.75) is 26.3 Å². The lowest BCUT2D eigenvalue weighted by molar-refractivity contribution is 0.102. The van der Waals surface area contributed by atoms with E-state index in [0.717, 1.165) is 23.4 Å². The molecule has 4 heteroatoms. The average Bonchev–Trinajstić information content (AvgIpc) is 2.97. The van der Waals surface area contributed by atoms with Gasteiger partial charge in [-0.25, -0.2) is 0 Å². The summed E-state index contributed by atoms with van der Waals surface area (Å²) in [5.74, 6) is -0.197. The van der Waals surface area contributed by atoms with Gasteiger partial charge in [-0.2, -0.15) is 0 Å². The number of aromatic nitrogens is 1. The highest BCUT2D eigenvalue weighted by Crippen LogP contribution is 2.38. The number of benzene rings is 2. The van der Waals surface area contributed by atoms with Crippen LogP contribution in [0, 0.1) is 6.92 Å². The molecule has 1 unspecified atom stereocenters. The summed E-state index contributed by atoms with van der Waals surface area (Å²) in [7, 11) is 0. The highest BCUT2D eigenvalue weighted by Gasteiger charge is 2.27. The molecule has 0 bridgehead atoms. The number of nitrogens with one attached hydrogen (secondary N) is 1. The minimum absolute atomic E-state index is 0.197. The predicted octanol–water partition coefficient (Wildman–Crippen LogP) is 4.73. The van der Waals surface area contributed by atoms with Crippen LogP contribution in [-0.2, 0) is 6.42 Å². The van der Waals surface area contributed by atoms with Crippen LogP contribution >= 0.6 is 0 Å². The molecule has 4 nitrogen and oxygen atoms in total. The Morgan fingerprint density at radius 1 is 1.12 bits per heavy atom. The number of rotatable bonds is 3. The first-order valence-electron chi connectivity index (χ1n) is 8.83. The zero-order valence-electron chi connectivity index (χ0n) is 14.9. The average molecular weight is 343 g/mol. The number of carbonyl (C=O) groups excluding carboxylic acids is 1. The van der Waals surface area contributed by atoms with E-state index < -0.39 is 0 Å². The van der Waals surface area contributed by atoms with Crippen molar-refractivity contribution in [1.29, 1.82) is 0 Å². The van der Waals surface area contributed by atoms with Crippen molar-refractivity contribution in [3.05, 3.63) is 83.7 Å². The molecule has 0 aliphatic carbocycles. The van der Waals surface area contributed by atoms with Crippen molar-refractivity contribution in [3.63, 3.8) is 0 Å². The van der Waals surface area contributed by atoms with E-state index in [4.69, 9.17) is 0 Å². The maximum Gasteiger partial charge on any atom is 0.274 e. The summed E-state index contributed by atoms with van der Waals surface area (Å²) in [6.07, 6.45) is 2.71. The van der Waals surface area contributed by atoms with Crippen molar-refractivity contribution in [2.24, 2.45) is 0 Å². The Hall–Kier alpha value is -3.14. The van der Waals surface area contributed by atoms with E-state index in [2.05, 4.69) is 46.4 Å². The Kier molecular flexibility index (Phi) is 4.17. The van der Waals surface area contributed by atoms with Crippen LogP contribution in [0.1, 0.15) is 28.5 Å². The first-order chi connectivity index (χ1) is 12.6. The van der Waals surface area contributed by atoms with Crippen LogP contribution in [0.3, 0.4) is 0 Å². The molecule has 0 radical (unpaired) electrons. The summed E-state index contributed by atoms with van der Waals surface area (Å²) < 4.78 is 0. The molecule has 2 heterocycles. The fourth-order valence-corrected chi connectivity index (χ4v) is 3.57. The van der Waals surface area contributed by atoms with Crippen LogP contribution in [-0.4, -0.2) is 16.9 Å². The number of amides is 1. The zero-order valence-corrected chi connectivity index (χ0v) is 14.9. The smallest absolute Gasteiger partial charge is 0.274 e. The van der Waals surface area contributed by atoms with Gasteiger partial charge < -0.3 is 10.2 Å². The lowest BCUT2D eigenvalue weighted by atomic mass is 10.1. The Morgan fingerprint density at radius 3 is 2.81 bits per heavy atom. The molecule has 0 spiro atoms. The molecule has 1 aromatic heterocycles. The lowest BCUT2D eigenvalue weighted by Crippen LogP contribution is -2.24. The van der Waals surface area contributed by atoms with Crippen LogP contribution in [0.4, 0.5) is 17.1 Å². The summed E-state index contributed by atoms with van der Waals surface area (Å²) in [5.41, 5.74) is 5.83. The van der Waals surface area contributed by atoms with Gasteiger partial charge in [-0.3, -0.25) is 9.78 Å². The number of anilines is 3. The first-order valence-corrected chi connectivity index (χ1v) is 8.83. The van der Waals surface area contributed by atoms with Gasteiger partial charge in [0.25, 0.3) is 5.91 Å². The van der Waals surface area contributed by atoms with E-state index in [0.29, 0.717) is 11.7 Å². The topological polar surface area (TPSA) is 45.2 Å². The minimum atomic E-state index is -0.197. The fraction of sp³-hybridized carbons (Fsp3) is 0.182. The summed E-state index contributed by atoms with van der Waals surface area (Å²) in [6, 6.07) is 20.4. The minimum Gasteiger partial charge on any atom is -0.338 e. The van der Waals surface area contributed by atoms with E-state index in [1.54, 1.807) is 6.20 Å².